The topological polar surface area (TPSA) is 30.5 Å². The number of likely N-dealkylation sites (N-methyl/N-ethyl adjacent to an activating group) is 1. The third-order valence-electron chi connectivity index (χ3n) is 2.89. The highest BCUT2D eigenvalue weighted by Gasteiger charge is 2.23. The van der Waals surface area contributed by atoms with Gasteiger partial charge in [0, 0.05) is 7.11 Å². The van der Waals surface area contributed by atoms with Gasteiger partial charge in [-0.05, 0) is 37.1 Å². The molecule has 0 aliphatic heterocycles. The maximum atomic E-state index is 5.73. The molecule has 1 aliphatic carbocycles. The van der Waals surface area contributed by atoms with Gasteiger partial charge in [0.2, 0.25) is 0 Å². The predicted molar refractivity (Wildman–Crippen MR) is 68.4 cm³/mol. The van der Waals surface area contributed by atoms with Crippen LogP contribution in [0.4, 0.5) is 0 Å². The van der Waals surface area contributed by atoms with Crippen LogP contribution in [0.5, 0.6) is 5.75 Å². The van der Waals surface area contributed by atoms with Crippen LogP contribution in [0, 0.1) is 0 Å². The van der Waals surface area contributed by atoms with E-state index in [1.807, 2.05) is 12.1 Å². The molecule has 1 unspecified atom stereocenters. The Kier molecular flexibility index (Phi) is 4.40. The van der Waals surface area contributed by atoms with E-state index in [-0.39, 0.29) is 6.04 Å². The van der Waals surface area contributed by atoms with E-state index >= 15 is 0 Å². The summed E-state index contributed by atoms with van der Waals surface area (Å²) in [4.78, 5) is 0. The summed E-state index contributed by atoms with van der Waals surface area (Å²) >= 11 is 0. The van der Waals surface area contributed by atoms with Crippen molar-refractivity contribution in [2.45, 2.75) is 31.9 Å². The second-order valence-electron chi connectivity index (χ2n) is 4.45. The molecule has 94 valence electrons. The Bertz CT molecular complexity index is 327. The first-order valence-electron chi connectivity index (χ1n) is 6.32. The van der Waals surface area contributed by atoms with Crippen LogP contribution in [0.1, 0.15) is 31.4 Å². The molecule has 1 saturated carbocycles. The van der Waals surface area contributed by atoms with Gasteiger partial charge >= 0.3 is 0 Å². The summed E-state index contributed by atoms with van der Waals surface area (Å²) in [6, 6.07) is 8.59. The Morgan fingerprint density at radius 1 is 1.29 bits per heavy atom. The zero-order valence-corrected chi connectivity index (χ0v) is 10.6. The van der Waals surface area contributed by atoms with Crippen molar-refractivity contribution in [3.8, 4) is 5.75 Å². The predicted octanol–water partition coefficient (Wildman–Crippen LogP) is 2.52. The average molecular weight is 235 g/mol. The van der Waals surface area contributed by atoms with Crippen molar-refractivity contribution >= 4 is 0 Å². The summed E-state index contributed by atoms with van der Waals surface area (Å²) in [6.45, 7) is 3.73. The molecular formula is C14H21NO2. The number of methoxy groups -OCH3 is 1. The van der Waals surface area contributed by atoms with Crippen molar-refractivity contribution in [3.05, 3.63) is 29.8 Å². The van der Waals surface area contributed by atoms with Crippen LogP contribution in [-0.2, 0) is 4.74 Å². The molecule has 1 fully saturated rings. The van der Waals surface area contributed by atoms with Gasteiger partial charge in [-0.25, -0.2) is 0 Å². The fourth-order valence-corrected chi connectivity index (χ4v) is 1.84. The minimum absolute atomic E-state index is 0.264. The molecule has 1 atom stereocenters. The van der Waals surface area contributed by atoms with E-state index in [1.54, 1.807) is 7.11 Å². The molecule has 3 heteroatoms. The van der Waals surface area contributed by atoms with Crippen LogP contribution < -0.4 is 10.1 Å². The number of rotatable bonds is 7. The van der Waals surface area contributed by atoms with Gasteiger partial charge in [-0.3, -0.25) is 0 Å². The lowest BCUT2D eigenvalue weighted by molar-refractivity contribution is 0.168. The zero-order chi connectivity index (χ0) is 12.1. The third-order valence-corrected chi connectivity index (χ3v) is 2.89. The van der Waals surface area contributed by atoms with E-state index in [0.29, 0.717) is 12.7 Å². The molecule has 0 amide bonds. The van der Waals surface area contributed by atoms with E-state index in [0.717, 1.165) is 12.3 Å². The summed E-state index contributed by atoms with van der Waals surface area (Å²) in [6.07, 6.45) is 2.86. The highest BCUT2D eigenvalue weighted by molar-refractivity contribution is 5.29. The number of hydrogen-bond acceptors (Lipinski definition) is 3. The van der Waals surface area contributed by atoms with E-state index < -0.39 is 0 Å². The average Bonchev–Trinajstić information content (AvgIpc) is 3.14. The van der Waals surface area contributed by atoms with E-state index in [9.17, 15) is 0 Å². The minimum atomic E-state index is 0.264. The van der Waals surface area contributed by atoms with Gasteiger partial charge in [-0.15, -0.1) is 0 Å². The van der Waals surface area contributed by atoms with Gasteiger partial charge in [0.05, 0.1) is 18.8 Å². The molecule has 1 aromatic rings. The van der Waals surface area contributed by atoms with Crippen LogP contribution in [0.25, 0.3) is 0 Å². The van der Waals surface area contributed by atoms with Crippen molar-refractivity contribution in [1.82, 2.24) is 5.32 Å². The van der Waals surface area contributed by atoms with Gasteiger partial charge in [-0.2, -0.15) is 0 Å². The largest absolute Gasteiger partial charge is 0.490 e. The van der Waals surface area contributed by atoms with Gasteiger partial charge in [0.15, 0.2) is 0 Å². The standard InChI is InChI=1S/C14H21NO2/c1-3-15-14(10-16-2)11-4-6-12(7-5-11)17-13-8-9-13/h4-7,13-15H,3,8-10H2,1-2H3. The Morgan fingerprint density at radius 3 is 2.53 bits per heavy atom. The molecule has 0 heterocycles. The molecule has 1 aliphatic rings. The molecule has 3 nitrogen and oxygen atoms in total. The number of nitrogens with one attached hydrogen (secondary N) is 1. The fraction of sp³-hybridized carbons (Fsp3) is 0.571. The highest BCUT2D eigenvalue weighted by atomic mass is 16.5. The normalized spacial score (nSPS) is 16.8. The molecule has 0 bridgehead atoms. The van der Waals surface area contributed by atoms with Gasteiger partial charge < -0.3 is 14.8 Å². The number of benzene rings is 1. The molecule has 17 heavy (non-hydrogen) atoms. The molecule has 0 spiro atoms. The summed E-state index contributed by atoms with van der Waals surface area (Å²) < 4.78 is 11.0. The first-order chi connectivity index (χ1) is 8.33. The maximum Gasteiger partial charge on any atom is 0.119 e. The second-order valence-corrected chi connectivity index (χ2v) is 4.45. The van der Waals surface area contributed by atoms with Gasteiger partial charge in [0.1, 0.15) is 5.75 Å². The van der Waals surface area contributed by atoms with Crippen molar-refractivity contribution in [2.75, 3.05) is 20.3 Å². The van der Waals surface area contributed by atoms with Gasteiger partial charge in [0.25, 0.3) is 0 Å². The van der Waals surface area contributed by atoms with Crippen LogP contribution >= 0.6 is 0 Å². The second kappa shape index (κ2) is 6.03. The lowest BCUT2D eigenvalue weighted by Crippen LogP contribution is -2.24. The lowest BCUT2D eigenvalue weighted by atomic mass is 10.1. The van der Waals surface area contributed by atoms with Crippen LogP contribution in [-0.4, -0.2) is 26.4 Å². The van der Waals surface area contributed by atoms with Crippen molar-refractivity contribution < 1.29 is 9.47 Å². The van der Waals surface area contributed by atoms with Crippen LogP contribution in [0.2, 0.25) is 0 Å². The maximum absolute atomic E-state index is 5.73. The van der Waals surface area contributed by atoms with Crippen molar-refractivity contribution in [2.24, 2.45) is 0 Å². The number of ether oxygens (including phenoxy) is 2. The molecule has 0 radical (unpaired) electrons. The summed E-state index contributed by atoms with van der Waals surface area (Å²) in [7, 11) is 1.73. The minimum Gasteiger partial charge on any atom is -0.490 e. The molecule has 0 aromatic heterocycles. The third kappa shape index (κ3) is 3.72. The molecule has 1 aromatic carbocycles. The highest BCUT2D eigenvalue weighted by Crippen LogP contribution is 2.27. The molecule has 1 N–H and O–H groups in total. The Hall–Kier alpha value is -1.06. The SMILES string of the molecule is CCNC(COC)c1ccc(OC2CC2)cc1. The first-order valence-corrected chi connectivity index (χ1v) is 6.32. The van der Waals surface area contributed by atoms with Crippen LogP contribution in [0.3, 0.4) is 0 Å². The van der Waals surface area contributed by atoms with E-state index in [4.69, 9.17) is 9.47 Å². The Morgan fingerprint density at radius 2 is 2.00 bits per heavy atom. The van der Waals surface area contributed by atoms with Crippen molar-refractivity contribution in [1.29, 1.82) is 0 Å². The summed E-state index contributed by atoms with van der Waals surface area (Å²) in [5.41, 5.74) is 1.25. The molecule has 2 rings (SSSR count). The van der Waals surface area contributed by atoms with E-state index in [1.165, 1.54) is 18.4 Å². The molecule has 0 saturated heterocycles. The molecular weight excluding hydrogens is 214 g/mol. The fourth-order valence-electron chi connectivity index (χ4n) is 1.84. The first kappa shape index (κ1) is 12.4. The quantitative estimate of drug-likeness (QED) is 0.787. The van der Waals surface area contributed by atoms with Crippen molar-refractivity contribution in [3.63, 3.8) is 0 Å². The smallest absolute Gasteiger partial charge is 0.119 e. The van der Waals surface area contributed by atoms with Gasteiger partial charge in [-0.1, -0.05) is 19.1 Å². The summed E-state index contributed by atoms with van der Waals surface area (Å²) in [5.74, 6) is 0.976. The Labute approximate surface area is 103 Å². The van der Waals surface area contributed by atoms with Crippen LogP contribution in [0.15, 0.2) is 24.3 Å². The summed E-state index contributed by atoms with van der Waals surface area (Å²) in [5, 5.41) is 3.41. The monoisotopic (exact) mass is 235 g/mol. The zero-order valence-electron chi connectivity index (χ0n) is 10.6. The lowest BCUT2D eigenvalue weighted by Gasteiger charge is -2.17. The Balaban J connectivity index is 1.97. The van der Waals surface area contributed by atoms with E-state index in [2.05, 4.69) is 24.4 Å². The number of hydrogen-bond donors (Lipinski definition) is 1.